The van der Waals surface area contributed by atoms with Crippen molar-refractivity contribution in [1.29, 1.82) is 0 Å². The van der Waals surface area contributed by atoms with Crippen molar-refractivity contribution in [2.45, 2.75) is 38.5 Å². The van der Waals surface area contributed by atoms with Crippen LogP contribution < -0.4 is 4.74 Å². The lowest BCUT2D eigenvalue weighted by Crippen LogP contribution is -1.96. The van der Waals surface area contributed by atoms with Gasteiger partial charge in [0.05, 0.1) is 18.0 Å². The zero-order valence-corrected chi connectivity index (χ0v) is 18.3. The Morgan fingerprint density at radius 1 is 0.828 bits per heavy atom. The molecule has 4 heteroatoms. The number of benzene rings is 2. The molecule has 0 unspecified atom stereocenters. The smallest absolute Gasteiger partial charge is 0.119 e. The number of azo groups is 1. The van der Waals surface area contributed by atoms with Gasteiger partial charge in [-0.25, -0.2) is 0 Å². The Morgan fingerprint density at radius 3 is 2.34 bits per heavy atom. The molecule has 0 aromatic heterocycles. The molecule has 150 valence electrons. The Bertz CT molecular complexity index is 893. The summed E-state index contributed by atoms with van der Waals surface area (Å²) >= 11 is 3.47. The number of hydrogen-bond donors (Lipinski definition) is 0. The van der Waals surface area contributed by atoms with Crippen LogP contribution in [0.4, 0.5) is 11.4 Å². The van der Waals surface area contributed by atoms with Crippen molar-refractivity contribution >= 4 is 32.9 Å². The van der Waals surface area contributed by atoms with Crippen LogP contribution in [-0.2, 0) is 0 Å². The average molecular weight is 451 g/mol. The van der Waals surface area contributed by atoms with Crippen LogP contribution in [0.3, 0.4) is 0 Å². The predicted octanol–water partition coefficient (Wildman–Crippen LogP) is 8.32. The fraction of sp³-hybridized carbons (Fsp3) is 0.320. The maximum atomic E-state index is 5.83. The number of nitrogens with zero attached hydrogens (tertiary/aromatic N) is 2. The Hall–Kier alpha value is -2.42. The second kappa shape index (κ2) is 12.2. The van der Waals surface area contributed by atoms with E-state index >= 15 is 0 Å². The maximum Gasteiger partial charge on any atom is 0.119 e. The summed E-state index contributed by atoms with van der Waals surface area (Å²) in [5.74, 6) is 0.886. The van der Waals surface area contributed by atoms with Crippen molar-refractivity contribution in [3.8, 4) is 5.75 Å². The van der Waals surface area contributed by atoms with E-state index in [1.165, 1.54) is 32.1 Å². The van der Waals surface area contributed by atoms with Gasteiger partial charge in [0, 0.05) is 10.9 Å². The summed E-state index contributed by atoms with van der Waals surface area (Å²) in [5, 5.41) is 9.82. The van der Waals surface area contributed by atoms with Crippen LogP contribution in [-0.4, -0.2) is 11.9 Å². The van der Waals surface area contributed by atoms with E-state index in [9.17, 15) is 0 Å². The van der Waals surface area contributed by atoms with Gasteiger partial charge in [0.2, 0.25) is 0 Å². The highest BCUT2D eigenvalue weighted by Gasteiger charge is 2.01. The Balaban J connectivity index is 1.43. The molecule has 29 heavy (non-hydrogen) atoms. The highest BCUT2D eigenvalue weighted by Crippen LogP contribution is 2.25. The van der Waals surface area contributed by atoms with E-state index in [1.807, 2.05) is 60.7 Å². The summed E-state index contributed by atoms with van der Waals surface area (Å²) in [4.78, 5) is 0. The van der Waals surface area contributed by atoms with Crippen LogP contribution in [0.25, 0.3) is 5.57 Å². The molecular weight excluding hydrogens is 424 g/mol. The molecule has 0 bridgehead atoms. The van der Waals surface area contributed by atoms with Crippen molar-refractivity contribution in [2.24, 2.45) is 10.2 Å². The lowest BCUT2D eigenvalue weighted by molar-refractivity contribution is 0.304. The lowest BCUT2D eigenvalue weighted by Gasteiger charge is -2.06. The first kappa shape index (κ1) is 21.3. The molecule has 0 spiro atoms. The van der Waals surface area contributed by atoms with Crippen LogP contribution in [0.5, 0.6) is 5.75 Å². The molecule has 0 radical (unpaired) electrons. The predicted molar refractivity (Wildman–Crippen MR) is 125 cm³/mol. The van der Waals surface area contributed by atoms with Gasteiger partial charge in [-0.05, 0) is 67.0 Å². The number of rotatable bonds is 12. The molecular formula is C25H27BrN2O. The van der Waals surface area contributed by atoms with E-state index in [2.05, 4.69) is 38.0 Å². The Morgan fingerprint density at radius 2 is 1.59 bits per heavy atom. The summed E-state index contributed by atoms with van der Waals surface area (Å²) in [6, 6.07) is 15.8. The van der Waals surface area contributed by atoms with Gasteiger partial charge in [-0.15, -0.1) is 5.73 Å². The molecule has 2 aromatic carbocycles. The number of alkyl halides is 1. The molecule has 0 saturated heterocycles. The average Bonchev–Trinajstić information content (AvgIpc) is 3.30. The first-order valence-corrected chi connectivity index (χ1v) is 11.4. The molecule has 0 heterocycles. The Labute approximate surface area is 182 Å². The highest BCUT2D eigenvalue weighted by molar-refractivity contribution is 9.09. The zero-order chi connectivity index (χ0) is 20.2. The number of halogens is 1. The van der Waals surface area contributed by atoms with Gasteiger partial charge in [-0.1, -0.05) is 59.8 Å². The van der Waals surface area contributed by atoms with Crippen LogP contribution in [0.15, 0.2) is 82.7 Å². The first-order chi connectivity index (χ1) is 14.3. The van der Waals surface area contributed by atoms with E-state index in [0.29, 0.717) is 0 Å². The van der Waals surface area contributed by atoms with Crippen LogP contribution >= 0.6 is 15.9 Å². The van der Waals surface area contributed by atoms with E-state index in [1.54, 1.807) is 0 Å². The summed E-state index contributed by atoms with van der Waals surface area (Å²) in [5.41, 5.74) is 7.02. The van der Waals surface area contributed by atoms with E-state index in [-0.39, 0.29) is 0 Å². The van der Waals surface area contributed by atoms with Gasteiger partial charge in [-0.2, -0.15) is 10.2 Å². The minimum Gasteiger partial charge on any atom is -0.494 e. The van der Waals surface area contributed by atoms with Crippen LogP contribution in [0.2, 0.25) is 0 Å². The third kappa shape index (κ3) is 7.49. The quantitative estimate of drug-likeness (QED) is 0.138. The Kier molecular flexibility index (Phi) is 8.96. The topological polar surface area (TPSA) is 34.0 Å². The standard InChI is InChI=1S/C25H27BrN2O/c26-18-7-3-1-2-4-8-19-29-25-16-14-23(15-17-25)27-28-24-13-9-12-22(20-24)21-10-5-6-11-21/h5-6,9-10,12-17,20H,1-4,7-8,18-19H2. The number of ether oxygens (including phenoxy) is 1. The number of allylic oxidation sites excluding steroid dienone is 3. The normalized spacial score (nSPS) is 12.7. The molecule has 0 saturated carbocycles. The van der Waals surface area contributed by atoms with Crippen LogP contribution in [0.1, 0.15) is 44.1 Å². The minimum absolute atomic E-state index is 0.769. The van der Waals surface area contributed by atoms with Crippen molar-refractivity contribution < 1.29 is 4.74 Å². The SMILES string of the molecule is BrCCCCCCCCOc1ccc(N=Nc2cccc(C3=C=CC=C3)c2)cc1. The molecule has 1 aliphatic rings. The number of hydrogen-bond acceptors (Lipinski definition) is 3. The van der Waals surface area contributed by atoms with Crippen molar-refractivity contribution in [2.75, 3.05) is 11.9 Å². The third-order valence-corrected chi connectivity index (χ3v) is 5.23. The molecule has 0 fully saturated rings. The lowest BCUT2D eigenvalue weighted by atomic mass is 10.1. The van der Waals surface area contributed by atoms with E-state index in [4.69, 9.17) is 4.74 Å². The molecule has 1 aliphatic carbocycles. The van der Waals surface area contributed by atoms with Gasteiger partial charge in [0.25, 0.3) is 0 Å². The molecule has 0 amide bonds. The summed E-state index contributed by atoms with van der Waals surface area (Å²) in [6.07, 6.45) is 13.5. The summed E-state index contributed by atoms with van der Waals surface area (Å²) in [6.45, 7) is 0.769. The second-order valence-corrected chi connectivity index (χ2v) is 7.78. The van der Waals surface area contributed by atoms with Gasteiger partial charge < -0.3 is 4.74 Å². The maximum absolute atomic E-state index is 5.83. The number of unbranched alkanes of at least 4 members (excludes halogenated alkanes) is 5. The summed E-state index contributed by atoms with van der Waals surface area (Å²) < 4.78 is 5.83. The molecule has 2 aromatic rings. The van der Waals surface area contributed by atoms with E-state index < -0.39 is 0 Å². The highest BCUT2D eigenvalue weighted by atomic mass is 79.9. The first-order valence-electron chi connectivity index (χ1n) is 10.3. The molecule has 0 atom stereocenters. The van der Waals surface area contributed by atoms with Gasteiger partial charge in [0.1, 0.15) is 5.75 Å². The second-order valence-electron chi connectivity index (χ2n) is 6.99. The minimum atomic E-state index is 0.769. The van der Waals surface area contributed by atoms with E-state index in [0.717, 1.165) is 46.6 Å². The van der Waals surface area contributed by atoms with Gasteiger partial charge in [0.15, 0.2) is 0 Å². The monoisotopic (exact) mass is 450 g/mol. The molecule has 3 nitrogen and oxygen atoms in total. The largest absolute Gasteiger partial charge is 0.494 e. The molecule has 3 rings (SSSR count). The molecule has 0 N–H and O–H groups in total. The van der Waals surface area contributed by atoms with Gasteiger partial charge >= 0.3 is 0 Å². The van der Waals surface area contributed by atoms with Crippen LogP contribution in [0, 0.1) is 0 Å². The zero-order valence-electron chi connectivity index (χ0n) is 16.7. The fourth-order valence-electron chi connectivity index (χ4n) is 3.06. The summed E-state index contributed by atoms with van der Waals surface area (Å²) in [7, 11) is 0. The third-order valence-electron chi connectivity index (χ3n) is 4.67. The molecule has 0 aliphatic heterocycles. The van der Waals surface area contributed by atoms with Crippen molar-refractivity contribution in [3.05, 3.63) is 78.1 Å². The fourth-order valence-corrected chi connectivity index (χ4v) is 3.46. The van der Waals surface area contributed by atoms with Crippen molar-refractivity contribution in [1.82, 2.24) is 0 Å². The van der Waals surface area contributed by atoms with Gasteiger partial charge in [-0.3, -0.25) is 0 Å². The van der Waals surface area contributed by atoms with Crippen molar-refractivity contribution in [3.63, 3.8) is 0 Å².